The minimum atomic E-state index is -4.15. The van der Waals surface area contributed by atoms with Gasteiger partial charge in [-0.25, -0.2) is 34.4 Å². The van der Waals surface area contributed by atoms with E-state index in [9.17, 15) is 34.4 Å². The van der Waals surface area contributed by atoms with Crippen molar-refractivity contribution < 1.29 is 34.4 Å². The van der Waals surface area contributed by atoms with Crippen molar-refractivity contribution in [3.63, 3.8) is 0 Å². The molecule has 0 amide bonds. The first-order valence-electron chi connectivity index (χ1n) is 7.94. The Balaban J connectivity index is 1.78. The van der Waals surface area contributed by atoms with Crippen LogP contribution in [0.3, 0.4) is 0 Å². The molecule has 1 fully saturated rings. The fourth-order valence-electron chi connectivity index (χ4n) is 2.72. The molecule has 0 spiro atoms. The zero-order valence-corrected chi connectivity index (χ0v) is 15.8. The molecule has 1 heterocycles. The van der Waals surface area contributed by atoms with E-state index >= 15 is 0 Å². The van der Waals surface area contributed by atoms with Crippen LogP contribution < -0.4 is 0 Å². The maximum absolute atomic E-state index is 13.3. The van der Waals surface area contributed by atoms with Gasteiger partial charge in [-0.1, -0.05) is 0 Å². The summed E-state index contributed by atoms with van der Waals surface area (Å²) in [5.74, 6) is -5.02. The van der Waals surface area contributed by atoms with Crippen molar-refractivity contribution >= 4 is 20.0 Å². The predicted octanol–water partition coefficient (Wildman–Crippen LogP) is 1.94. The van der Waals surface area contributed by atoms with Crippen molar-refractivity contribution in [3.8, 4) is 0 Å². The largest absolute Gasteiger partial charge is 0.243 e. The molecule has 28 heavy (non-hydrogen) atoms. The van der Waals surface area contributed by atoms with Crippen molar-refractivity contribution in [2.75, 3.05) is 26.2 Å². The fraction of sp³-hybridized carbons (Fsp3) is 0.250. The third-order valence-corrected chi connectivity index (χ3v) is 8.04. The van der Waals surface area contributed by atoms with E-state index in [1.54, 1.807) is 0 Å². The molecule has 1 saturated heterocycles. The van der Waals surface area contributed by atoms with Crippen molar-refractivity contribution in [2.24, 2.45) is 0 Å². The van der Waals surface area contributed by atoms with Gasteiger partial charge >= 0.3 is 0 Å². The summed E-state index contributed by atoms with van der Waals surface area (Å²) >= 11 is 0. The van der Waals surface area contributed by atoms with Crippen LogP contribution in [0.5, 0.6) is 0 Å². The van der Waals surface area contributed by atoms with Gasteiger partial charge in [0, 0.05) is 26.2 Å². The van der Waals surface area contributed by atoms with Crippen LogP contribution in [0.15, 0.2) is 46.2 Å². The lowest BCUT2D eigenvalue weighted by molar-refractivity contribution is 0.272. The van der Waals surface area contributed by atoms with Gasteiger partial charge in [-0.05, 0) is 36.4 Å². The van der Waals surface area contributed by atoms with Gasteiger partial charge in [-0.15, -0.1) is 0 Å². The lowest BCUT2D eigenvalue weighted by Crippen LogP contribution is -2.50. The number of piperazine rings is 1. The van der Waals surface area contributed by atoms with E-state index in [1.165, 1.54) is 0 Å². The Morgan fingerprint density at radius 2 is 0.893 bits per heavy atom. The van der Waals surface area contributed by atoms with E-state index in [1.807, 2.05) is 0 Å². The topological polar surface area (TPSA) is 74.8 Å². The summed E-state index contributed by atoms with van der Waals surface area (Å²) in [6, 6.07) is 4.30. The average molecular weight is 438 g/mol. The quantitative estimate of drug-likeness (QED) is 0.684. The molecule has 6 nitrogen and oxygen atoms in total. The molecule has 1 aliphatic rings. The van der Waals surface area contributed by atoms with Gasteiger partial charge in [0.15, 0.2) is 23.3 Å². The summed E-state index contributed by atoms with van der Waals surface area (Å²) in [5.41, 5.74) is 0. The maximum Gasteiger partial charge on any atom is 0.243 e. The van der Waals surface area contributed by atoms with Gasteiger partial charge in [0.25, 0.3) is 0 Å². The fourth-order valence-corrected chi connectivity index (χ4v) is 5.59. The molecule has 0 saturated carbocycles. The molecule has 3 rings (SSSR count). The smallest absolute Gasteiger partial charge is 0.207 e. The Kier molecular flexibility index (Phi) is 5.49. The summed E-state index contributed by atoms with van der Waals surface area (Å²) in [5, 5.41) is 0. The molecule has 0 bridgehead atoms. The third kappa shape index (κ3) is 3.77. The van der Waals surface area contributed by atoms with Gasteiger partial charge < -0.3 is 0 Å². The first kappa shape index (κ1) is 20.7. The summed E-state index contributed by atoms with van der Waals surface area (Å²) in [7, 11) is -8.30. The van der Waals surface area contributed by atoms with Gasteiger partial charge in [0.1, 0.15) is 0 Å². The zero-order chi connectivity index (χ0) is 20.7. The summed E-state index contributed by atoms with van der Waals surface area (Å²) in [6.45, 7) is -0.983. The normalized spacial score (nSPS) is 17.0. The molecule has 0 N–H and O–H groups in total. The molecule has 0 aromatic heterocycles. The van der Waals surface area contributed by atoms with E-state index in [-0.39, 0.29) is 26.2 Å². The van der Waals surface area contributed by atoms with Gasteiger partial charge in [-0.3, -0.25) is 0 Å². The van der Waals surface area contributed by atoms with Crippen molar-refractivity contribution in [2.45, 2.75) is 9.79 Å². The summed E-state index contributed by atoms with van der Waals surface area (Å²) in [6.07, 6.45) is 0. The Labute approximate surface area is 159 Å². The molecule has 0 aliphatic carbocycles. The minimum Gasteiger partial charge on any atom is -0.207 e. The monoisotopic (exact) mass is 438 g/mol. The standard InChI is InChI=1S/C16H14F4N2O4S2/c17-13-3-1-11(9-15(13)19)27(23,24)21-5-7-22(8-6-21)28(25,26)12-2-4-14(18)16(20)10-12/h1-4,9-10H,5-8H2. The molecular formula is C16H14F4N2O4S2. The second-order valence-corrected chi connectivity index (χ2v) is 9.84. The number of halogens is 4. The van der Waals surface area contributed by atoms with E-state index in [0.717, 1.165) is 20.7 Å². The Morgan fingerprint density at radius 1 is 0.571 bits per heavy atom. The van der Waals surface area contributed by atoms with Gasteiger partial charge in [0.2, 0.25) is 20.0 Å². The minimum absolute atomic E-state index is 0.246. The van der Waals surface area contributed by atoms with Crippen molar-refractivity contribution in [3.05, 3.63) is 59.7 Å². The number of benzene rings is 2. The van der Waals surface area contributed by atoms with Gasteiger partial charge in [-0.2, -0.15) is 8.61 Å². The highest BCUT2D eigenvalue weighted by Gasteiger charge is 2.34. The lowest BCUT2D eigenvalue weighted by atomic mass is 10.3. The van der Waals surface area contributed by atoms with Crippen LogP contribution in [0.1, 0.15) is 0 Å². The van der Waals surface area contributed by atoms with Crippen LogP contribution in [0, 0.1) is 23.3 Å². The average Bonchev–Trinajstić information content (AvgIpc) is 2.66. The highest BCUT2D eigenvalue weighted by atomic mass is 32.2. The Morgan fingerprint density at radius 3 is 1.18 bits per heavy atom. The van der Waals surface area contributed by atoms with Crippen molar-refractivity contribution in [1.29, 1.82) is 0 Å². The van der Waals surface area contributed by atoms with E-state index < -0.39 is 53.1 Å². The van der Waals surface area contributed by atoms with Crippen LogP contribution in [-0.2, 0) is 20.0 Å². The van der Waals surface area contributed by atoms with Crippen LogP contribution in [0.2, 0.25) is 0 Å². The van der Waals surface area contributed by atoms with E-state index in [4.69, 9.17) is 0 Å². The number of rotatable bonds is 4. The first-order chi connectivity index (χ1) is 13.0. The summed E-state index contributed by atoms with van der Waals surface area (Å²) < 4.78 is 105. The number of hydrogen-bond donors (Lipinski definition) is 0. The molecule has 0 unspecified atom stereocenters. The van der Waals surface area contributed by atoms with E-state index in [2.05, 4.69) is 0 Å². The molecule has 12 heteroatoms. The molecule has 152 valence electrons. The van der Waals surface area contributed by atoms with Crippen LogP contribution in [0.4, 0.5) is 17.6 Å². The highest BCUT2D eigenvalue weighted by molar-refractivity contribution is 7.89. The second-order valence-electron chi connectivity index (χ2n) is 5.96. The van der Waals surface area contributed by atoms with Crippen LogP contribution >= 0.6 is 0 Å². The van der Waals surface area contributed by atoms with Crippen LogP contribution in [0.25, 0.3) is 0 Å². The predicted molar refractivity (Wildman–Crippen MR) is 90.2 cm³/mol. The second kappa shape index (κ2) is 7.43. The summed E-state index contributed by atoms with van der Waals surface area (Å²) in [4.78, 5) is -0.911. The Bertz CT molecular complexity index is 1030. The number of nitrogens with zero attached hydrogens (tertiary/aromatic N) is 2. The number of hydrogen-bond acceptors (Lipinski definition) is 4. The maximum atomic E-state index is 13.3. The number of sulfonamides is 2. The van der Waals surface area contributed by atoms with Crippen LogP contribution in [-0.4, -0.2) is 51.6 Å². The lowest BCUT2D eigenvalue weighted by Gasteiger charge is -2.33. The molecule has 0 radical (unpaired) electrons. The molecule has 2 aromatic rings. The molecular weight excluding hydrogens is 424 g/mol. The third-order valence-electron chi connectivity index (χ3n) is 4.26. The molecule has 0 atom stereocenters. The van der Waals surface area contributed by atoms with Crippen molar-refractivity contribution in [1.82, 2.24) is 8.61 Å². The van der Waals surface area contributed by atoms with Gasteiger partial charge in [0.05, 0.1) is 9.79 Å². The molecule has 2 aromatic carbocycles. The SMILES string of the molecule is O=S(=O)(c1ccc(F)c(F)c1)N1CCN(S(=O)(=O)c2ccc(F)c(F)c2)CC1. The molecule has 1 aliphatic heterocycles. The first-order valence-corrected chi connectivity index (χ1v) is 10.8. The highest BCUT2D eigenvalue weighted by Crippen LogP contribution is 2.23. The zero-order valence-electron chi connectivity index (χ0n) is 14.1. The Hall–Kier alpha value is -2.02. The van der Waals surface area contributed by atoms with E-state index in [0.29, 0.717) is 24.3 Å².